The van der Waals surface area contributed by atoms with Crippen LogP contribution in [0, 0.1) is 21.7 Å². The number of nitrogens with zero attached hydrogens (tertiary/aromatic N) is 1. The maximum absolute atomic E-state index is 13.5. The molecule has 1 aliphatic carbocycles. The molecule has 2 N–H and O–H groups in total. The molecule has 0 aromatic heterocycles. The van der Waals surface area contributed by atoms with Crippen LogP contribution in [0.1, 0.15) is 25.7 Å². The maximum Gasteiger partial charge on any atom is 0.327 e. The number of carboxylic acid groups (broad SMARTS) is 1. The van der Waals surface area contributed by atoms with Gasteiger partial charge in [0, 0.05) is 17.7 Å². The van der Waals surface area contributed by atoms with E-state index in [9.17, 15) is 23.7 Å². The monoisotopic (exact) mass is 286 g/mol. The lowest BCUT2D eigenvalue weighted by molar-refractivity contribution is -0.386. The summed E-state index contributed by atoms with van der Waals surface area (Å²) < 4.78 is 26.7. The largest absolute Gasteiger partial charge is 0.481 e. The number of aliphatic carboxylic acids is 1. The van der Waals surface area contributed by atoms with Gasteiger partial charge >= 0.3 is 11.7 Å². The van der Waals surface area contributed by atoms with Gasteiger partial charge < -0.3 is 10.4 Å². The standard InChI is InChI=1S/C12H12F2N2O4/c13-7-4-8(14)11(16(19)20)9(5-7)15-12(2-1-3-12)6-10(17)18/h4-5,15H,1-3,6H2,(H,17,18). The fraction of sp³-hybridized carbons (Fsp3) is 0.417. The molecular weight excluding hydrogens is 274 g/mol. The SMILES string of the molecule is O=C(O)CC1(Nc2cc(F)cc(F)c2[N+](=O)[O-])CCC1. The van der Waals surface area contributed by atoms with Crippen molar-refractivity contribution in [2.45, 2.75) is 31.2 Å². The summed E-state index contributed by atoms with van der Waals surface area (Å²) in [6.07, 6.45) is 1.46. The average Bonchev–Trinajstić information content (AvgIpc) is 2.23. The smallest absolute Gasteiger partial charge is 0.327 e. The molecule has 1 aromatic rings. The van der Waals surface area contributed by atoms with Crippen LogP contribution in [0.4, 0.5) is 20.2 Å². The normalized spacial score (nSPS) is 16.3. The van der Waals surface area contributed by atoms with Crippen LogP contribution in [-0.4, -0.2) is 21.5 Å². The van der Waals surface area contributed by atoms with E-state index in [0.29, 0.717) is 18.9 Å². The molecular formula is C12H12F2N2O4. The van der Waals surface area contributed by atoms with Crippen molar-refractivity contribution in [1.82, 2.24) is 0 Å². The molecule has 0 aliphatic heterocycles. The number of benzene rings is 1. The Balaban J connectivity index is 2.37. The zero-order chi connectivity index (χ0) is 14.9. The first-order valence-electron chi connectivity index (χ1n) is 5.96. The zero-order valence-corrected chi connectivity index (χ0v) is 10.4. The Morgan fingerprint density at radius 1 is 1.45 bits per heavy atom. The van der Waals surface area contributed by atoms with Crippen molar-refractivity contribution in [2.24, 2.45) is 0 Å². The van der Waals surface area contributed by atoms with Gasteiger partial charge in [0.15, 0.2) is 0 Å². The van der Waals surface area contributed by atoms with Crippen LogP contribution in [0.5, 0.6) is 0 Å². The van der Waals surface area contributed by atoms with E-state index >= 15 is 0 Å². The highest BCUT2D eigenvalue weighted by molar-refractivity contribution is 5.71. The molecule has 0 spiro atoms. The molecule has 6 nitrogen and oxygen atoms in total. The van der Waals surface area contributed by atoms with E-state index in [0.717, 1.165) is 12.5 Å². The van der Waals surface area contributed by atoms with Gasteiger partial charge in [-0.05, 0) is 19.3 Å². The number of rotatable bonds is 5. The molecule has 1 fully saturated rings. The van der Waals surface area contributed by atoms with Crippen LogP contribution < -0.4 is 5.32 Å². The third-order valence-electron chi connectivity index (χ3n) is 3.41. The summed E-state index contributed by atoms with van der Waals surface area (Å²) in [6.45, 7) is 0. The van der Waals surface area contributed by atoms with Crippen LogP contribution in [0.2, 0.25) is 0 Å². The first kappa shape index (κ1) is 14.2. The van der Waals surface area contributed by atoms with Gasteiger partial charge in [-0.1, -0.05) is 0 Å². The number of carbonyl (C=O) groups is 1. The average molecular weight is 286 g/mol. The minimum absolute atomic E-state index is 0.262. The van der Waals surface area contributed by atoms with E-state index in [1.54, 1.807) is 0 Å². The van der Waals surface area contributed by atoms with Gasteiger partial charge in [0.1, 0.15) is 11.5 Å². The molecule has 0 heterocycles. The van der Waals surface area contributed by atoms with Gasteiger partial charge in [-0.3, -0.25) is 14.9 Å². The summed E-state index contributed by atoms with van der Waals surface area (Å²) >= 11 is 0. The van der Waals surface area contributed by atoms with Crippen molar-refractivity contribution >= 4 is 17.3 Å². The fourth-order valence-corrected chi connectivity index (χ4v) is 2.37. The Labute approximate surface area is 112 Å². The number of carboxylic acids is 1. The molecule has 0 radical (unpaired) electrons. The Hall–Kier alpha value is -2.25. The van der Waals surface area contributed by atoms with E-state index in [2.05, 4.69) is 5.32 Å². The second-order valence-electron chi connectivity index (χ2n) is 4.87. The second kappa shape index (κ2) is 5.03. The van der Waals surface area contributed by atoms with Crippen molar-refractivity contribution in [1.29, 1.82) is 0 Å². The summed E-state index contributed by atoms with van der Waals surface area (Å²) in [7, 11) is 0. The van der Waals surface area contributed by atoms with E-state index in [-0.39, 0.29) is 12.1 Å². The van der Waals surface area contributed by atoms with Crippen molar-refractivity contribution < 1.29 is 23.6 Å². The number of hydrogen-bond donors (Lipinski definition) is 2. The van der Waals surface area contributed by atoms with Crippen LogP contribution >= 0.6 is 0 Å². The fourth-order valence-electron chi connectivity index (χ4n) is 2.37. The van der Waals surface area contributed by atoms with Crippen LogP contribution in [0.3, 0.4) is 0 Å². The quantitative estimate of drug-likeness (QED) is 0.641. The van der Waals surface area contributed by atoms with Crippen molar-refractivity contribution in [3.05, 3.63) is 33.9 Å². The van der Waals surface area contributed by atoms with Gasteiger partial charge in [0.05, 0.1) is 11.3 Å². The number of anilines is 1. The van der Waals surface area contributed by atoms with Crippen LogP contribution in [0.25, 0.3) is 0 Å². The minimum atomic E-state index is -1.29. The first-order valence-corrected chi connectivity index (χ1v) is 5.96. The molecule has 108 valence electrons. The lowest BCUT2D eigenvalue weighted by Crippen LogP contribution is -2.46. The molecule has 1 saturated carbocycles. The van der Waals surface area contributed by atoms with E-state index in [1.807, 2.05) is 0 Å². The zero-order valence-electron chi connectivity index (χ0n) is 10.4. The summed E-state index contributed by atoms with van der Waals surface area (Å²) in [4.78, 5) is 20.7. The van der Waals surface area contributed by atoms with Gasteiger partial charge in [-0.2, -0.15) is 4.39 Å². The lowest BCUT2D eigenvalue weighted by atomic mass is 9.74. The van der Waals surface area contributed by atoms with E-state index in [4.69, 9.17) is 5.11 Å². The minimum Gasteiger partial charge on any atom is -0.481 e. The van der Waals surface area contributed by atoms with E-state index < -0.39 is 33.8 Å². The lowest BCUT2D eigenvalue weighted by Gasteiger charge is -2.42. The predicted octanol–water partition coefficient (Wildman–Crippen LogP) is 2.68. The molecule has 2 rings (SSSR count). The van der Waals surface area contributed by atoms with Crippen molar-refractivity contribution in [3.63, 3.8) is 0 Å². The topological polar surface area (TPSA) is 92.5 Å². The highest BCUT2D eigenvalue weighted by Crippen LogP contribution is 2.41. The molecule has 1 aromatic carbocycles. The number of halogens is 2. The highest BCUT2D eigenvalue weighted by atomic mass is 19.1. The van der Waals surface area contributed by atoms with E-state index in [1.165, 1.54) is 0 Å². The molecule has 0 atom stereocenters. The number of nitro benzene ring substituents is 1. The Morgan fingerprint density at radius 3 is 2.55 bits per heavy atom. The molecule has 1 aliphatic rings. The second-order valence-corrected chi connectivity index (χ2v) is 4.87. The van der Waals surface area contributed by atoms with Gasteiger partial charge in [0.25, 0.3) is 0 Å². The molecule has 0 amide bonds. The number of nitrogens with one attached hydrogen (secondary N) is 1. The third kappa shape index (κ3) is 2.68. The van der Waals surface area contributed by atoms with Gasteiger partial charge in [0.2, 0.25) is 5.82 Å². The summed E-state index contributed by atoms with van der Waals surface area (Å²) in [6, 6.07) is 1.23. The molecule has 0 unspecified atom stereocenters. The number of hydrogen-bond acceptors (Lipinski definition) is 4. The van der Waals surface area contributed by atoms with Crippen LogP contribution in [-0.2, 0) is 4.79 Å². The molecule has 20 heavy (non-hydrogen) atoms. The molecule has 8 heteroatoms. The van der Waals surface area contributed by atoms with Gasteiger partial charge in [-0.15, -0.1) is 0 Å². The van der Waals surface area contributed by atoms with Crippen LogP contribution in [0.15, 0.2) is 12.1 Å². The Morgan fingerprint density at radius 2 is 2.10 bits per heavy atom. The molecule has 0 bridgehead atoms. The predicted molar refractivity (Wildman–Crippen MR) is 65.5 cm³/mol. The Kier molecular flexibility index (Phi) is 3.56. The summed E-state index contributed by atoms with van der Waals surface area (Å²) in [5.41, 5.74) is -2.08. The summed E-state index contributed by atoms with van der Waals surface area (Å²) in [5, 5.41) is 22.4. The van der Waals surface area contributed by atoms with Gasteiger partial charge in [-0.25, -0.2) is 4.39 Å². The third-order valence-corrected chi connectivity index (χ3v) is 3.41. The summed E-state index contributed by atoms with van der Waals surface area (Å²) in [5.74, 6) is -3.32. The molecule has 0 saturated heterocycles. The number of nitro groups is 1. The maximum atomic E-state index is 13.5. The first-order chi connectivity index (χ1) is 9.33. The highest BCUT2D eigenvalue weighted by Gasteiger charge is 2.40. The van der Waals surface area contributed by atoms with Crippen molar-refractivity contribution in [3.8, 4) is 0 Å². The Bertz CT molecular complexity index is 573. The van der Waals surface area contributed by atoms with Crippen molar-refractivity contribution in [2.75, 3.05) is 5.32 Å².